The van der Waals surface area contributed by atoms with Crippen LogP contribution in [0.5, 0.6) is 0 Å². The molecule has 0 bridgehead atoms. The molecule has 0 aliphatic rings. The molecule has 36 heavy (non-hydrogen) atoms. The average molecular weight is 460 g/mol. The zero-order valence-corrected chi connectivity index (χ0v) is 19.9. The summed E-state index contributed by atoms with van der Waals surface area (Å²) in [5, 5.41) is 2.37. The summed E-state index contributed by atoms with van der Waals surface area (Å²) >= 11 is 0. The van der Waals surface area contributed by atoms with Crippen LogP contribution in [-0.2, 0) is 0 Å². The molecule has 0 N–H and O–H groups in total. The molecule has 170 valence electrons. The highest BCUT2D eigenvalue weighted by atomic mass is 14.7. The van der Waals surface area contributed by atoms with Crippen LogP contribution in [0.1, 0.15) is 22.3 Å². The molecule has 1 nitrogen and oxygen atoms in total. The normalized spacial score (nSPS) is 10.8. The maximum atomic E-state index is 4.73. The molecule has 0 spiro atoms. The van der Waals surface area contributed by atoms with E-state index in [4.69, 9.17) is 4.98 Å². The van der Waals surface area contributed by atoms with Crippen LogP contribution in [0.4, 0.5) is 0 Å². The van der Waals surface area contributed by atoms with Gasteiger partial charge in [0.2, 0.25) is 0 Å². The second kappa shape index (κ2) is 9.85. The number of hydrogen-bond donors (Lipinski definition) is 0. The van der Waals surface area contributed by atoms with Gasteiger partial charge in [0, 0.05) is 17.1 Å². The van der Waals surface area contributed by atoms with Crippen molar-refractivity contribution in [1.29, 1.82) is 0 Å². The van der Waals surface area contributed by atoms with Crippen LogP contribution in [0.15, 0.2) is 152 Å². The quantitative estimate of drug-likeness (QED) is 0.235. The van der Waals surface area contributed by atoms with Crippen LogP contribution < -0.4 is 0 Å². The Balaban J connectivity index is 1.57. The van der Waals surface area contributed by atoms with Crippen molar-refractivity contribution in [2.24, 2.45) is 0 Å². The Bertz CT molecular complexity index is 1590. The fraction of sp³-hybridized carbons (Fsp3) is 0. The summed E-state index contributed by atoms with van der Waals surface area (Å²) in [6.45, 7) is 0. The van der Waals surface area contributed by atoms with E-state index in [1.54, 1.807) is 0 Å². The van der Waals surface area contributed by atoms with Gasteiger partial charge < -0.3 is 0 Å². The Kier molecular flexibility index (Phi) is 5.96. The van der Waals surface area contributed by atoms with Crippen molar-refractivity contribution in [3.63, 3.8) is 0 Å². The van der Waals surface area contributed by atoms with E-state index in [0.29, 0.717) is 0 Å². The van der Waals surface area contributed by atoms with E-state index >= 15 is 0 Å². The van der Waals surface area contributed by atoms with E-state index in [9.17, 15) is 0 Å². The highest BCUT2D eigenvalue weighted by Crippen LogP contribution is 2.37. The maximum Gasteiger partial charge on any atom is 0.0780 e. The zero-order chi connectivity index (χ0) is 24.2. The smallest absolute Gasteiger partial charge is 0.0780 e. The van der Waals surface area contributed by atoms with Crippen LogP contribution in [0.25, 0.3) is 33.2 Å². The van der Waals surface area contributed by atoms with Crippen LogP contribution in [-0.4, -0.2) is 4.98 Å². The molecule has 0 unspecified atom stereocenters. The van der Waals surface area contributed by atoms with E-state index in [1.165, 1.54) is 44.2 Å². The van der Waals surface area contributed by atoms with Gasteiger partial charge >= 0.3 is 0 Å². The molecule has 0 aliphatic carbocycles. The fourth-order valence-corrected chi connectivity index (χ4v) is 4.87. The third kappa shape index (κ3) is 4.23. The molecule has 1 heteroatoms. The number of benzene rings is 5. The topological polar surface area (TPSA) is 12.9 Å². The minimum atomic E-state index is 1.01. The lowest BCUT2D eigenvalue weighted by atomic mass is 9.85. The number of pyridine rings is 1. The Morgan fingerprint density at radius 3 is 1.36 bits per heavy atom. The molecule has 0 amide bonds. The number of hydrogen-bond acceptors (Lipinski definition) is 1. The molecule has 0 aliphatic heterocycles. The van der Waals surface area contributed by atoms with Crippen LogP contribution in [0.2, 0.25) is 0 Å². The lowest BCUT2D eigenvalue weighted by Crippen LogP contribution is -1.97. The molecule has 6 aromatic rings. The van der Waals surface area contributed by atoms with E-state index in [1.807, 2.05) is 6.20 Å². The number of aromatic nitrogens is 1. The molecule has 0 saturated carbocycles. The van der Waals surface area contributed by atoms with Gasteiger partial charge in [-0.05, 0) is 44.9 Å². The van der Waals surface area contributed by atoms with Gasteiger partial charge in [0.25, 0.3) is 0 Å². The Hall–Kier alpha value is -4.75. The van der Waals surface area contributed by atoms with Crippen LogP contribution >= 0.6 is 0 Å². The van der Waals surface area contributed by atoms with Gasteiger partial charge in [0.1, 0.15) is 0 Å². The van der Waals surface area contributed by atoms with E-state index in [0.717, 1.165) is 11.3 Å². The van der Waals surface area contributed by atoms with E-state index in [2.05, 4.69) is 146 Å². The van der Waals surface area contributed by atoms with Gasteiger partial charge in [-0.15, -0.1) is 0 Å². The summed E-state index contributed by atoms with van der Waals surface area (Å²) in [7, 11) is 0. The minimum Gasteiger partial charge on any atom is -0.256 e. The molecule has 0 radical (unpaired) electrons. The Morgan fingerprint density at radius 2 is 0.833 bits per heavy atom. The highest BCUT2D eigenvalue weighted by Gasteiger charge is 2.16. The monoisotopic (exact) mass is 459 g/mol. The summed E-state index contributed by atoms with van der Waals surface area (Å²) in [5.74, 6) is 0. The summed E-state index contributed by atoms with van der Waals surface area (Å²) in [6.07, 6.45) is 1.89. The second-order valence-electron chi connectivity index (χ2n) is 8.81. The molecule has 1 aromatic heterocycles. The summed E-state index contributed by atoms with van der Waals surface area (Å²) in [4.78, 5) is 4.73. The average Bonchev–Trinajstić information content (AvgIpc) is 2.97. The molecule has 0 atom stereocenters. The van der Waals surface area contributed by atoms with Crippen molar-refractivity contribution in [1.82, 2.24) is 4.98 Å². The van der Waals surface area contributed by atoms with Gasteiger partial charge in [-0.1, -0.05) is 140 Å². The first-order valence-electron chi connectivity index (χ1n) is 12.2. The second-order valence-corrected chi connectivity index (χ2v) is 8.81. The van der Waals surface area contributed by atoms with E-state index < -0.39 is 0 Å². The molecule has 1 heterocycles. The first-order valence-corrected chi connectivity index (χ1v) is 12.2. The molecule has 0 saturated heterocycles. The van der Waals surface area contributed by atoms with Gasteiger partial charge in [0.15, 0.2) is 0 Å². The fourth-order valence-electron chi connectivity index (χ4n) is 4.87. The molecule has 0 fully saturated rings. The number of rotatable bonds is 5. The van der Waals surface area contributed by atoms with Crippen molar-refractivity contribution >= 4 is 21.9 Å². The van der Waals surface area contributed by atoms with Crippen molar-refractivity contribution in [2.75, 3.05) is 0 Å². The van der Waals surface area contributed by atoms with Gasteiger partial charge in [-0.3, -0.25) is 4.98 Å². The maximum absolute atomic E-state index is 4.73. The van der Waals surface area contributed by atoms with Crippen molar-refractivity contribution in [2.45, 2.75) is 0 Å². The van der Waals surface area contributed by atoms with E-state index in [-0.39, 0.29) is 0 Å². The van der Waals surface area contributed by atoms with Gasteiger partial charge in [0.05, 0.1) is 5.69 Å². The predicted octanol–water partition coefficient (Wildman–Crippen LogP) is 8.91. The highest BCUT2D eigenvalue weighted by molar-refractivity contribution is 6.05. The molecule has 5 aromatic carbocycles. The number of fused-ring (bicyclic) bond motifs is 1. The molecular formula is C35H25N. The van der Waals surface area contributed by atoms with Crippen LogP contribution in [0, 0.1) is 0 Å². The molecule has 6 rings (SSSR count). The third-order valence-electron chi connectivity index (χ3n) is 6.56. The van der Waals surface area contributed by atoms with Crippen molar-refractivity contribution in [3.8, 4) is 11.3 Å². The zero-order valence-electron chi connectivity index (χ0n) is 19.9. The van der Waals surface area contributed by atoms with Crippen LogP contribution in [0.3, 0.4) is 0 Å². The van der Waals surface area contributed by atoms with Gasteiger partial charge in [-0.2, -0.15) is 0 Å². The van der Waals surface area contributed by atoms with Gasteiger partial charge in [-0.25, -0.2) is 0 Å². The predicted molar refractivity (Wildman–Crippen MR) is 152 cm³/mol. The first-order chi connectivity index (χ1) is 17.9. The standard InChI is InChI=1S/C35H25N/c1-4-13-27(14-5-1)33(28-15-6-2-7-16-28)34(29-17-8-3-9-18-29)30-20-22-31(23-21-30)35-32-19-11-10-12-26(32)24-25-36-35/h1-25H. The lowest BCUT2D eigenvalue weighted by molar-refractivity contribution is 1.35. The van der Waals surface area contributed by atoms with Crippen molar-refractivity contribution in [3.05, 3.63) is 174 Å². The number of nitrogens with zero attached hydrogens (tertiary/aromatic N) is 1. The Labute approximate surface area is 212 Å². The largest absolute Gasteiger partial charge is 0.256 e. The third-order valence-corrected chi connectivity index (χ3v) is 6.56. The first kappa shape index (κ1) is 21.8. The summed E-state index contributed by atoms with van der Waals surface area (Å²) in [5.41, 5.74) is 9.32. The molecular weight excluding hydrogens is 434 g/mol. The SMILES string of the molecule is c1ccc(C(=C(c2ccccc2)c2ccc(-c3nccc4ccccc34)cc2)c2ccccc2)cc1. The van der Waals surface area contributed by atoms with Crippen molar-refractivity contribution < 1.29 is 0 Å². The minimum absolute atomic E-state index is 1.01. The Morgan fingerprint density at radius 1 is 0.389 bits per heavy atom. The summed E-state index contributed by atoms with van der Waals surface area (Å²) in [6, 6.07) is 51.4. The lowest BCUT2D eigenvalue weighted by Gasteiger charge is -2.18. The summed E-state index contributed by atoms with van der Waals surface area (Å²) < 4.78 is 0.